The van der Waals surface area contributed by atoms with Crippen molar-refractivity contribution in [2.75, 3.05) is 4.90 Å². The van der Waals surface area contributed by atoms with E-state index in [2.05, 4.69) is 20.1 Å². The lowest BCUT2D eigenvalue weighted by atomic mass is 9.79. The fraction of sp³-hybridized carbons (Fsp3) is 0.273. The molecule has 6 rings (SSSR count). The molecule has 7 nitrogen and oxygen atoms in total. The Bertz CT molecular complexity index is 1320. The van der Waals surface area contributed by atoms with Crippen LogP contribution in [0.4, 0.5) is 18.9 Å². The van der Waals surface area contributed by atoms with Gasteiger partial charge in [-0.25, -0.2) is 4.98 Å². The van der Waals surface area contributed by atoms with Gasteiger partial charge in [-0.2, -0.15) is 9.78 Å². The Labute approximate surface area is 179 Å². The molecule has 0 spiro atoms. The molecule has 32 heavy (non-hydrogen) atoms. The SMILES string of the molecule is O=C1C(C2CC2)C(c2ccc(-c3cnn(C(F)(F)F)c3)nc2)N1c1ccc2nc[nH]c2c1. The molecular formula is C22H17F3N6O. The molecule has 0 radical (unpaired) electrons. The Morgan fingerprint density at radius 2 is 1.91 bits per heavy atom. The van der Waals surface area contributed by atoms with Gasteiger partial charge < -0.3 is 9.88 Å². The standard InChI is InChI=1S/C22H17F3N6O/c23-22(24,25)30-10-14(9-29-30)16-5-3-13(8-26-16)20-19(12-1-2-12)21(32)31(20)15-4-6-17-18(7-15)28-11-27-17/h3-12,19-20H,1-2H2,(H,27,28). The zero-order valence-corrected chi connectivity index (χ0v) is 16.6. The fourth-order valence-corrected chi connectivity index (χ4v) is 4.49. The monoisotopic (exact) mass is 438 g/mol. The third kappa shape index (κ3) is 2.97. The fourth-order valence-electron chi connectivity index (χ4n) is 4.49. The van der Waals surface area contributed by atoms with Crippen LogP contribution in [0.1, 0.15) is 24.4 Å². The van der Waals surface area contributed by atoms with Crippen LogP contribution in [0.25, 0.3) is 22.3 Å². The number of fused-ring (bicyclic) bond motifs is 1. The molecule has 2 fully saturated rings. The van der Waals surface area contributed by atoms with Crippen molar-refractivity contribution in [2.24, 2.45) is 11.8 Å². The molecule has 1 amide bonds. The van der Waals surface area contributed by atoms with E-state index in [9.17, 15) is 18.0 Å². The van der Waals surface area contributed by atoms with E-state index in [1.165, 1.54) is 0 Å². The summed E-state index contributed by atoms with van der Waals surface area (Å²) in [5.41, 5.74) is 3.98. The highest BCUT2D eigenvalue weighted by Crippen LogP contribution is 2.54. The molecule has 2 aliphatic rings. The summed E-state index contributed by atoms with van der Waals surface area (Å²) in [6.07, 6.45) is 2.80. The summed E-state index contributed by atoms with van der Waals surface area (Å²) >= 11 is 0. The van der Waals surface area contributed by atoms with E-state index in [4.69, 9.17) is 0 Å². The molecule has 2 atom stereocenters. The molecule has 2 unspecified atom stereocenters. The van der Waals surface area contributed by atoms with E-state index >= 15 is 0 Å². The molecule has 162 valence electrons. The smallest absolute Gasteiger partial charge is 0.345 e. The van der Waals surface area contributed by atoms with Gasteiger partial charge >= 0.3 is 6.30 Å². The topological polar surface area (TPSA) is 79.7 Å². The van der Waals surface area contributed by atoms with Crippen LogP contribution in [0.5, 0.6) is 0 Å². The van der Waals surface area contributed by atoms with Crippen LogP contribution in [-0.2, 0) is 11.1 Å². The van der Waals surface area contributed by atoms with Crippen molar-refractivity contribution in [2.45, 2.75) is 25.2 Å². The molecule has 1 N–H and O–H groups in total. The highest BCUT2D eigenvalue weighted by Gasteiger charge is 2.55. The number of hydrogen-bond donors (Lipinski definition) is 1. The zero-order chi connectivity index (χ0) is 22.0. The number of anilines is 1. The summed E-state index contributed by atoms with van der Waals surface area (Å²) in [6, 6.07) is 9.01. The number of alkyl halides is 3. The van der Waals surface area contributed by atoms with Crippen molar-refractivity contribution in [3.8, 4) is 11.3 Å². The van der Waals surface area contributed by atoms with Crippen LogP contribution in [0.15, 0.2) is 55.2 Å². The molecule has 1 aliphatic carbocycles. The van der Waals surface area contributed by atoms with Crippen LogP contribution in [0, 0.1) is 11.8 Å². The lowest BCUT2D eigenvalue weighted by molar-refractivity contribution is -0.212. The largest absolute Gasteiger partial charge is 0.504 e. The van der Waals surface area contributed by atoms with Crippen molar-refractivity contribution in [3.63, 3.8) is 0 Å². The predicted molar refractivity (Wildman–Crippen MR) is 109 cm³/mol. The Morgan fingerprint density at radius 3 is 2.59 bits per heavy atom. The average Bonchev–Trinajstić information content (AvgIpc) is 3.26. The number of hydrogen-bond acceptors (Lipinski definition) is 4. The van der Waals surface area contributed by atoms with Crippen LogP contribution < -0.4 is 4.90 Å². The number of β-lactam (4-membered cyclic amide) rings is 1. The molecule has 0 bridgehead atoms. The molecule has 4 aromatic rings. The Hall–Kier alpha value is -3.69. The molecule has 1 aromatic carbocycles. The first kappa shape index (κ1) is 19.0. The van der Waals surface area contributed by atoms with Gasteiger partial charge in [0, 0.05) is 23.6 Å². The number of nitrogens with one attached hydrogen (secondary N) is 1. The maximum Gasteiger partial charge on any atom is 0.504 e. The highest BCUT2D eigenvalue weighted by molar-refractivity contribution is 6.04. The molecule has 10 heteroatoms. The maximum absolute atomic E-state index is 13.0. The van der Waals surface area contributed by atoms with Crippen molar-refractivity contribution in [1.29, 1.82) is 0 Å². The second-order valence-corrected chi connectivity index (χ2v) is 8.24. The van der Waals surface area contributed by atoms with Crippen molar-refractivity contribution < 1.29 is 18.0 Å². The molecule has 1 saturated carbocycles. The van der Waals surface area contributed by atoms with E-state index in [1.54, 1.807) is 23.5 Å². The average molecular weight is 438 g/mol. The van der Waals surface area contributed by atoms with Gasteiger partial charge in [0.1, 0.15) is 0 Å². The number of benzene rings is 1. The van der Waals surface area contributed by atoms with E-state index in [-0.39, 0.29) is 28.1 Å². The molecular weight excluding hydrogens is 421 g/mol. The van der Waals surface area contributed by atoms with E-state index in [1.807, 2.05) is 24.3 Å². The van der Waals surface area contributed by atoms with Crippen molar-refractivity contribution >= 4 is 22.6 Å². The van der Waals surface area contributed by atoms with Crippen LogP contribution in [0.3, 0.4) is 0 Å². The van der Waals surface area contributed by atoms with Crippen LogP contribution >= 0.6 is 0 Å². The van der Waals surface area contributed by atoms with Gasteiger partial charge in [0.2, 0.25) is 5.91 Å². The number of H-pyrrole nitrogens is 1. The van der Waals surface area contributed by atoms with Gasteiger partial charge in [0.25, 0.3) is 0 Å². The summed E-state index contributed by atoms with van der Waals surface area (Å²) in [5.74, 6) is 0.351. The maximum atomic E-state index is 13.0. The highest BCUT2D eigenvalue weighted by atomic mass is 19.4. The van der Waals surface area contributed by atoms with Gasteiger partial charge in [-0.15, -0.1) is 13.2 Å². The van der Waals surface area contributed by atoms with E-state index < -0.39 is 6.30 Å². The number of amides is 1. The van der Waals surface area contributed by atoms with Gasteiger partial charge in [-0.05, 0) is 48.6 Å². The van der Waals surface area contributed by atoms with E-state index in [0.717, 1.165) is 47.5 Å². The number of pyridine rings is 1. The minimum Gasteiger partial charge on any atom is -0.345 e. The minimum absolute atomic E-state index is 0.0427. The van der Waals surface area contributed by atoms with Crippen LogP contribution in [-0.4, -0.2) is 30.6 Å². The van der Waals surface area contributed by atoms with Gasteiger partial charge in [-0.1, -0.05) is 6.07 Å². The predicted octanol–water partition coefficient (Wildman–Crippen LogP) is 4.41. The number of aromatic amines is 1. The van der Waals surface area contributed by atoms with Crippen molar-refractivity contribution in [3.05, 3.63) is 60.8 Å². The number of carbonyl (C=O) groups excluding carboxylic acids is 1. The summed E-state index contributed by atoms with van der Waals surface area (Å²) in [7, 11) is 0. The van der Waals surface area contributed by atoms with E-state index in [0.29, 0.717) is 11.6 Å². The molecule has 3 aromatic heterocycles. The molecule has 1 saturated heterocycles. The Balaban J connectivity index is 1.33. The second-order valence-electron chi connectivity index (χ2n) is 8.24. The van der Waals surface area contributed by atoms with Crippen LogP contribution in [0.2, 0.25) is 0 Å². The summed E-state index contributed by atoms with van der Waals surface area (Å²) in [4.78, 5) is 26.5. The molecule has 4 heterocycles. The summed E-state index contributed by atoms with van der Waals surface area (Å²) in [5, 5.41) is 3.37. The Kier molecular flexibility index (Phi) is 3.96. The third-order valence-electron chi connectivity index (χ3n) is 6.22. The number of imidazole rings is 1. The molecule has 1 aliphatic heterocycles. The number of aromatic nitrogens is 5. The number of nitrogens with zero attached hydrogens (tertiary/aromatic N) is 5. The van der Waals surface area contributed by atoms with Gasteiger partial charge in [0.15, 0.2) is 0 Å². The lowest BCUT2D eigenvalue weighted by Gasteiger charge is -2.47. The number of halogens is 3. The first-order valence-corrected chi connectivity index (χ1v) is 10.2. The minimum atomic E-state index is -4.57. The number of carbonyl (C=O) groups is 1. The quantitative estimate of drug-likeness (QED) is 0.479. The third-order valence-corrected chi connectivity index (χ3v) is 6.22. The lowest BCUT2D eigenvalue weighted by Crippen LogP contribution is -2.56. The summed E-state index contributed by atoms with van der Waals surface area (Å²) < 4.78 is 38.4. The number of rotatable bonds is 4. The van der Waals surface area contributed by atoms with Gasteiger partial charge in [0.05, 0.1) is 41.2 Å². The Morgan fingerprint density at radius 1 is 1.06 bits per heavy atom. The van der Waals surface area contributed by atoms with Gasteiger partial charge in [-0.3, -0.25) is 9.78 Å². The summed E-state index contributed by atoms with van der Waals surface area (Å²) in [6.45, 7) is 0. The zero-order valence-electron chi connectivity index (χ0n) is 16.6. The second kappa shape index (κ2) is 6.65. The van der Waals surface area contributed by atoms with Crippen molar-refractivity contribution in [1.82, 2.24) is 24.7 Å². The first-order valence-electron chi connectivity index (χ1n) is 10.2. The first-order chi connectivity index (χ1) is 15.4. The normalized spacial score (nSPS) is 21.2.